The van der Waals surface area contributed by atoms with Crippen LogP contribution in [0.4, 0.5) is 5.69 Å². The number of carbonyl (C=O) groups is 1. The second kappa shape index (κ2) is 12.7. The summed E-state index contributed by atoms with van der Waals surface area (Å²) >= 11 is 0. The van der Waals surface area contributed by atoms with Crippen molar-refractivity contribution in [2.45, 2.75) is 32.7 Å². The first kappa shape index (κ1) is 24.3. The van der Waals surface area contributed by atoms with E-state index >= 15 is 0 Å². The van der Waals surface area contributed by atoms with E-state index in [1.807, 2.05) is 25.1 Å². The highest BCUT2D eigenvalue weighted by molar-refractivity contribution is 14.0. The zero-order chi connectivity index (χ0) is 19.6. The molecule has 0 bridgehead atoms. The summed E-state index contributed by atoms with van der Waals surface area (Å²) in [6.07, 6.45) is 1.39. The van der Waals surface area contributed by atoms with Crippen LogP contribution in [0.2, 0.25) is 0 Å². The molecule has 7 nitrogen and oxygen atoms in total. The van der Waals surface area contributed by atoms with Crippen LogP contribution in [0.3, 0.4) is 0 Å². The highest BCUT2D eigenvalue weighted by Crippen LogP contribution is 2.28. The summed E-state index contributed by atoms with van der Waals surface area (Å²) in [5.74, 6) is 1.83. The van der Waals surface area contributed by atoms with Gasteiger partial charge in [0, 0.05) is 52.2 Å². The van der Waals surface area contributed by atoms with Gasteiger partial charge in [-0.05, 0) is 25.5 Å². The summed E-state index contributed by atoms with van der Waals surface area (Å²) in [6.45, 7) is 8.21. The number of hydrogen-bond acceptors (Lipinski definition) is 4. The number of nitrogens with one attached hydrogen (secondary N) is 2. The molecular formula is C20H34IN5O2. The number of nitrogens with zero attached hydrogens (tertiary/aromatic N) is 3. The molecule has 1 heterocycles. The number of methoxy groups -OCH3 is 1. The number of aliphatic imine (C=N–C) groups is 1. The Bertz CT molecular complexity index is 633. The third-order valence-electron chi connectivity index (χ3n) is 4.87. The summed E-state index contributed by atoms with van der Waals surface area (Å²) in [5, 5.41) is 6.30. The van der Waals surface area contributed by atoms with Gasteiger partial charge in [0.15, 0.2) is 5.96 Å². The Kier molecular flexibility index (Phi) is 11.0. The van der Waals surface area contributed by atoms with Gasteiger partial charge in [0.1, 0.15) is 5.75 Å². The van der Waals surface area contributed by atoms with Crippen molar-refractivity contribution in [3.63, 3.8) is 0 Å². The van der Waals surface area contributed by atoms with E-state index < -0.39 is 0 Å². The van der Waals surface area contributed by atoms with Gasteiger partial charge in [-0.3, -0.25) is 9.79 Å². The molecule has 1 saturated heterocycles. The van der Waals surface area contributed by atoms with Gasteiger partial charge in [-0.15, -0.1) is 24.0 Å². The topological polar surface area (TPSA) is 69.2 Å². The number of amides is 1. The Labute approximate surface area is 185 Å². The number of rotatable bonds is 7. The molecule has 0 aliphatic carbocycles. The number of anilines is 1. The van der Waals surface area contributed by atoms with Gasteiger partial charge in [-0.1, -0.05) is 19.1 Å². The molecule has 1 aliphatic heterocycles. The van der Waals surface area contributed by atoms with E-state index in [4.69, 9.17) is 4.74 Å². The molecule has 1 aliphatic rings. The zero-order valence-corrected chi connectivity index (χ0v) is 19.7. The first-order valence-corrected chi connectivity index (χ1v) is 9.72. The predicted molar refractivity (Wildman–Crippen MR) is 126 cm³/mol. The lowest BCUT2D eigenvalue weighted by Crippen LogP contribution is -2.53. The maximum Gasteiger partial charge on any atom is 0.221 e. The van der Waals surface area contributed by atoms with Gasteiger partial charge >= 0.3 is 0 Å². The molecule has 0 spiro atoms. The van der Waals surface area contributed by atoms with Crippen LogP contribution in [0.25, 0.3) is 0 Å². The summed E-state index contributed by atoms with van der Waals surface area (Å²) in [6, 6.07) is 8.33. The maximum atomic E-state index is 11.9. The molecule has 28 heavy (non-hydrogen) atoms. The van der Waals surface area contributed by atoms with E-state index in [0.29, 0.717) is 13.0 Å². The predicted octanol–water partition coefficient (Wildman–Crippen LogP) is 2.32. The van der Waals surface area contributed by atoms with Gasteiger partial charge in [-0.2, -0.15) is 0 Å². The second-order valence-corrected chi connectivity index (χ2v) is 6.75. The first-order chi connectivity index (χ1) is 13.1. The Morgan fingerprint density at radius 1 is 1.25 bits per heavy atom. The van der Waals surface area contributed by atoms with Crippen molar-refractivity contribution < 1.29 is 9.53 Å². The lowest BCUT2D eigenvalue weighted by molar-refractivity contribution is -0.121. The average Bonchev–Trinajstić information content (AvgIpc) is 2.71. The van der Waals surface area contributed by atoms with Crippen LogP contribution in [-0.4, -0.2) is 69.7 Å². The Morgan fingerprint density at radius 3 is 2.54 bits per heavy atom. The molecule has 1 atom stereocenters. The van der Waals surface area contributed by atoms with Crippen LogP contribution in [0.15, 0.2) is 29.3 Å². The smallest absolute Gasteiger partial charge is 0.221 e. The number of guanidine groups is 1. The van der Waals surface area contributed by atoms with E-state index in [1.54, 1.807) is 14.2 Å². The molecule has 0 saturated carbocycles. The Morgan fingerprint density at radius 2 is 1.93 bits per heavy atom. The van der Waals surface area contributed by atoms with E-state index in [9.17, 15) is 4.79 Å². The monoisotopic (exact) mass is 503 g/mol. The molecule has 0 aromatic heterocycles. The van der Waals surface area contributed by atoms with Crippen LogP contribution < -0.4 is 20.3 Å². The lowest BCUT2D eigenvalue weighted by atomic mass is 10.2. The third kappa shape index (κ3) is 7.03. The number of halogens is 1. The van der Waals surface area contributed by atoms with Crippen molar-refractivity contribution >= 4 is 41.5 Å². The molecule has 1 amide bonds. The Balaban J connectivity index is 0.00000392. The van der Waals surface area contributed by atoms with Crippen molar-refractivity contribution in [3.05, 3.63) is 24.3 Å². The molecular weight excluding hydrogens is 469 g/mol. The summed E-state index contributed by atoms with van der Waals surface area (Å²) < 4.78 is 5.48. The average molecular weight is 503 g/mol. The van der Waals surface area contributed by atoms with E-state index in [1.165, 1.54) is 0 Å². The quantitative estimate of drug-likeness (QED) is 0.340. The van der Waals surface area contributed by atoms with Gasteiger partial charge in [0.25, 0.3) is 0 Å². The van der Waals surface area contributed by atoms with Crippen LogP contribution in [0.5, 0.6) is 5.75 Å². The fraction of sp³-hybridized carbons (Fsp3) is 0.600. The minimum atomic E-state index is 0. The number of piperazine rings is 1. The fourth-order valence-corrected chi connectivity index (χ4v) is 3.12. The van der Waals surface area contributed by atoms with E-state index in [2.05, 4.69) is 38.4 Å². The van der Waals surface area contributed by atoms with E-state index in [-0.39, 0.29) is 35.9 Å². The third-order valence-corrected chi connectivity index (χ3v) is 4.87. The molecule has 1 unspecified atom stereocenters. The molecule has 2 N–H and O–H groups in total. The zero-order valence-electron chi connectivity index (χ0n) is 17.4. The molecule has 1 aromatic rings. The number of carbonyl (C=O) groups excluding carboxylic acids is 1. The van der Waals surface area contributed by atoms with E-state index in [0.717, 1.165) is 50.0 Å². The van der Waals surface area contributed by atoms with Gasteiger partial charge in [-0.25, -0.2) is 0 Å². The van der Waals surface area contributed by atoms with Crippen molar-refractivity contribution in [3.8, 4) is 5.75 Å². The summed E-state index contributed by atoms with van der Waals surface area (Å²) in [7, 11) is 3.49. The normalized spacial score (nSPS) is 15.5. The molecule has 1 fully saturated rings. The molecule has 1 aromatic carbocycles. The van der Waals surface area contributed by atoms with Crippen molar-refractivity contribution in [2.24, 2.45) is 4.99 Å². The summed E-state index contributed by atoms with van der Waals surface area (Å²) in [5.41, 5.74) is 1.13. The van der Waals surface area contributed by atoms with Crippen molar-refractivity contribution in [2.75, 3.05) is 51.8 Å². The number of benzene rings is 1. The molecule has 0 radical (unpaired) electrons. The maximum absolute atomic E-state index is 11.9. The minimum absolute atomic E-state index is 0. The van der Waals surface area contributed by atoms with Crippen LogP contribution in [0.1, 0.15) is 26.7 Å². The van der Waals surface area contributed by atoms with Crippen LogP contribution in [-0.2, 0) is 4.79 Å². The van der Waals surface area contributed by atoms with Crippen molar-refractivity contribution in [1.29, 1.82) is 0 Å². The van der Waals surface area contributed by atoms with Crippen LogP contribution in [0, 0.1) is 0 Å². The SMILES string of the molecule is CCC(C)NC(=O)CCNC(=NC)N1CCN(c2ccccc2OC)CC1.I. The molecule has 2 rings (SSSR count). The molecule has 8 heteroatoms. The molecule has 158 valence electrons. The number of hydrogen-bond donors (Lipinski definition) is 2. The fourth-order valence-electron chi connectivity index (χ4n) is 3.12. The van der Waals surface area contributed by atoms with Gasteiger partial charge < -0.3 is 25.2 Å². The number of para-hydroxylation sites is 2. The first-order valence-electron chi connectivity index (χ1n) is 9.72. The highest BCUT2D eigenvalue weighted by Gasteiger charge is 2.21. The standard InChI is InChI=1S/C20H33N5O2.HI/c1-5-16(2)23-19(26)10-11-22-20(21-3)25-14-12-24(13-15-25)17-8-6-7-9-18(17)27-4;/h6-9,16H,5,10-15H2,1-4H3,(H,21,22)(H,23,26);1H. The second-order valence-electron chi connectivity index (χ2n) is 6.75. The van der Waals surface area contributed by atoms with Gasteiger partial charge in [0.2, 0.25) is 5.91 Å². The lowest BCUT2D eigenvalue weighted by Gasteiger charge is -2.38. The summed E-state index contributed by atoms with van der Waals surface area (Å²) in [4.78, 5) is 20.8. The minimum Gasteiger partial charge on any atom is -0.495 e. The van der Waals surface area contributed by atoms with Crippen molar-refractivity contribution in [1.82, 2.24) is 15.5 Å². The van der Waals surface area contributed by atoms with Gasteiger partial charge in [0.05, 0.1) is 12.8 Å². The largest absolute Gasteiger partial charge is 0.495 e. The highest BCUT2D eigenvalue weighted by atomic mass is 127. The Hall–Kier alpha value is -1.71. The number of ether oxygens (including phenoxy) is 1. The van der Waals surface area contributed by atoms with Crippen LogP contribution >= 0.6 is 24.0 Å².